The lowest BCUT2D eigenvalue weighted by Crippen LogP contribution is -2.49. The van der Waals surface area contributed by atoms with Crippen LogP contribution in [0.4, 0.5) is 5.82 Å². The zero-order valence-electron chi connectivity index (χ0n) is 38.0. The van der Waals surface area contributed by atoms with Gasteiger partial charge < -0.3 is 36.0 Å². The van der Waals surface area contributed by atoms with Crippen LogP contribution in [-0.2, 0) is 20.9 Å². The molecule has 16 nitrogen and oxygen atoms in total. The average molecular weight is 917 g/mol. The molecule has 5 heterocycles. The monoisotopic (exact) mass is 916 g/mol. The molecule has 0 spiro atoms. The van der Waals surface area contributed by atoms with Crippen molar-refractivity contribution in [1.29, 1.82) is 0 Å². The van der Waals surface area contributed by atoms with Crippen LogP contribution in [0.1, 0.15) is 106 Å². The van der Waals surface area contributed by atoms with E-state index in [1.807, 2.05) is 68.0 Å². The lowest BCUT2D eigenvalue weighted by Gasteiger charge is -2.30. The third-order valence-electron chi connectivity index (χ3n) is 12.1. The quantitative estimate of drug-likeness (QED) is 0.0442. The summed E-state index contributed by atoms with van der Waals surface area (Å²) in [6.45, 7) is 8.87. The van der Waals surface area contributed by atoms with Gasteiger partial charge in [0.25, 0.3) is 0 Å². The van der Waals surface area contributed by atoms with Crippen molar-refractivity contribution in [2.45, 2.75) is 116 Å². The third-order valence-corrected chi connectivity index (χ3v) is 13.1. The number of aryl methyl sites for hydroxylation is 3. The topological polar surface area (TPSA) is 228 Å². The Bertz CT molecular complexity index is 2570. The molecule has 0 bridgehead atoms. The summed E-state index contributed by atoms with van der Waals surface area (Å²) in [7, 11) is 0. The molecule has 1 saturated heterocycles. The summed E-state index contributed by atoms with van der Waals surface area (Å²) >= 11 is 1.55. The van der Waals surface area contributed by atoms with Crippen molar-refractivity contribution in [3.05, 3.63) is 101 Å². The highest BCUT2D eigenvalue weighted by molar-refractivity contribution is 7.13. The number of anilines is 1. The van der Waals surface area contributed by atoms with Crippen LogP contribution >= 0.6 is 11.3 Å². The number of rotatable bonds is 21. The fraction of sp³-hybridized carbons (Fsp3) is 0.429. The van der Waals surface area contributed by atoms with E-state index in [-0.39, 0.29) is 42.9 Å². The fourth-order valence-corrected chi connectivity index (χ4v) is 9.37. The van der Waals surface area contributed by atoms with Gasteiger partial charge in [-0.25, -0.2) is 4.98 Å². The van der Waals surface area contributed by atoms with Gasteiger partial charge in [0.15, 0.2) is 5.82 Å². The van der Waals surface area contributed by atoms with E-state index in [0.29, 0.717) is 40.6 Å². The molecular formula is C49H60N10O6S. The number of hydrogen-bond acceptors (Lipinski definition) is 13. The van der Waals surface area contributed by atoms with Crippen LogP contribution in [0.2, 0.25) is 0 Å². The highest BCUT2D eigenvalue weighted by Gasteiger charge is 2.43. The van der Waals surface area contributed by atoms with E-state index in [2.05, 4.69) is 36.1 Å². The van der Waals surface area contributed by atoms with Gasteiger partial charge in [-0.2, -0.15) is 5.10 Å². The molecule has 17 heteroatoms. The molecule has 3 amide bonds. The van der Waals surface area contributed by atoms with Gasteiger partial charge in [0.05, 0.1) is 52.2 Å². The molecule has 7 rings (SSSR count). The first kappa shape index (κ1) is 47.5. The molecule has 4 atom stereocenters. The molecule has 348 valence electrons. The van der Waals surface area contributed by atoms with Crippen LogP contribution in [0.25, 0.3) is 32.8 Å². The Balaban J connectivity index is 0.871. The Morgan fingerprint density at radius 3 is 2.38 bits per heavy atom. The number of likely N-dealkylation sites (tertiary alicyclic amines) is 1. The first-order chi connectivity index (χ1) is 31.9. The summed E-state index contributed by atoms with van der Waals surface area (Å²) < 4.78 is 7.40. The molecule has 0 radical (unpaired) electrons. The van der Waals surface area contributed by atoms with E-state index >= 15 is 0 Å². The SMILES string of the molecule is Cc1cc([C@@H](C(=O)N2C[C@H](O)C[C@H]2C(=O)N[C@@H](CC(=O)NCCCCCCCCCn2cc(-c3cc(-c4ccccc4O)nnc3N)cn2)c2ccc(-c3scnc3C)cc2)C(C)C)on1. The second-order valence-corrected chi connectivity index (χ2v) is 18.4. The number of β-amino-alcohol motifs (C(OH)–C–C–N with tert-alkyl or cyclic N) is 1. The first-order valence-electron chi connectivity index (χ1n) is 22.8. The van der Waals surface area contributed by atoms with Gasteiger partial charge in [-0.15, -0.1) is 21.5 Å². The van der Waals surface area contributed by atoms with E-state index in [1.165, 1.54) is 4.90 Å². The van der Waals surface area contributed by atoms with Gasteiger partial charge in [-0.1, -0.05) is 87.5 Å². The number of thiazole rings is 1. The lowest BCUT2D eigenvalue weighted by molar-refractivity contribution is -0.141. The third kappa shape index (κ3) is 11.9. The molecule has 1 aliphatic rings. The van der Waals surface area contributed by atoms with E-state index < -0.39 is 30.0 Å². The number of phenols is 1. The summed E-state index contributed by atoms with van der Waals surface area (Å²) in [5, 5.41) is 44.0. The van der Waals surface area contributed by atoms with E-state index in [0.717, 1.165) is 78.8 Å². The molecule has 6 aromatic rings. The highest BCUT2D eigenvalue weighted by Crippen LogP contribution is 2.34. The van der Waals surface area contributed by atoms with Crippen molar-refractivity contribution in [2.24, 2.45) is 5.92 Å². The number of hydrogen-bond donors (Lipinski definition) is 5. The summed E-state index contributed by atoms with van der Waals surface area (Å²) in [6, 6.07) is 16.7. The zero-order chi connectivity index (χ0) is 46.7. The number of carbonyl (C=O) groups is 3. The number of nitrogens with one attached hydrogen (secondary N) is 2. The van der Waals surface area contributed by atoms with Crippen molar-refractivity contribution < 1.29 is 29.1 Å². The highest BCUT2D eigenvalue weighted by atomic mass is 32.1. The van der Waals surface area contributed by atoms with Crippen molar-refractivity contribution in [3.63, 3.8) is 0 Å². The van der Waals surface area contributed by atoms with Gasteiger partial charge in [0, 0.05) is 55.0 Å². The molecular weight excluding hydrogens is 857 g/mol. The number of aliphatic hydroxyl groups is 1. The Labute approximate surface area is 389 Å². The number of nitrogens with two attached hydrogens (primary N) is 1. The zero-order valence-corrected chi connectivity index (χ0v) is 38.8. The minimum Gasteiger partial charge on any atom is -0.507 e. The van der Waals surface area contributed by atoms with E-state index in [4.69, 9.17) is 10.3 Å². The molecule has 2 aromatic carbocycles. The Morgan fingerprint density at radius 2 is 1.68 bits per heavy atom. The molecule has 0 saturated carbocycles. The summed E-state index contributed by atoms with van der Waals surface area (Å²) in [6.07, 6.45) is 10.0. The molecule has 0 unspecified atom stereocenters. The van der Waals surface area contributed by atoms with Crippen molar-refractivity contribution in [2.75, 3.05) is 18.8 Å². The number of phenolic OH excluding ortho intramolecular Hbond substituents is 1. The van der Waals surface area contributed by atoms with Crippen molar-refractivity contribution in [3.8, 4) is 38.6 Å². The Hall–Kier alpha value is -6.46. The Kier molecular flexibility index (Phi) is 15.9. The largest absolute Gasteiger partial charge is 0.507 e. The fourth-order valence-electron chi connectivity index (χ4n) is 8.56. The van der Waals surface area contributed by atoms with Gasteiger partial charge in [0.2, 0.25) is 17.7 Å². The van der Waals surface area contributed by atoms with Crippen LogP contribution in [0.3, 0.4) is 0 Å². The van der Waals surface area contributed by atoms with Crippen molar-refractivity contribution in [1.82, 2.24) is 45.7 Å². The van der Waals surface area contributed by atoms with Gasteiger partial charge in [-0.05, 0) is 61.9 Å². The van der Waals surface area contributed by atoms with Gasteiger partial charge in [-0.3, -0.25) is 19.1 Å². The number of aromatic hydroxyl groups is 1. The average Bonchev–Trinajstić information content (AvgIpc) is 4.13. The molecule has 1 aliphatic heterocycles. The number of aromatic nitrogens is 6. The summed E-state index contributed by atoms with van der Waals surface area (Å²) in [4.78, 5) is 48.5. The molecule has 6 N–H and O–H groups in total. The van der Waals surface area contributed by atoms with Crippen LogP contribution in [0.5, 0.6) is 5.75 Å². The van der Waals surface area contributed by atoms with Crippen molar-refractivity contribution >= 4 is 34.9 Å². The molecule has 4 aromatic heterocycles. The smallest absolute Gasteiger partial charge is 0.243 e. The van der Waals surface area contributed by atoms with Gasteiger partial charge >= 0.3 is 0 Å². The van der Waals surface area contributed by atoms with Crippen LogP contribution in [0, 0.1) is 19.8 Å². The van der Waals surface area contributed by atoms with Crippen LogP contribution in [0.15, 0.2) is 83.1 Å². The van der Waals surface area contributed by atoms with Gasteiger partial charge in [0.1, 0.15) is 23.5 Å². The normalized spacial score (nSPS) is 15.8. The summed E-state index contributed by atoms with van der Waals surface area (Å²) in [5.74, 6) is -0.919. The van der Waals surface area contributed by atoms with E-state index in [1.54, 1.807) is 54.2 Å². The molecule has 1 fully saturated rings. The standard InChI is InChI=1S/C49H60N10O6S/c1-30(2)45(43-22-31(3)57-65-43)49(64)59-28-36(60)23-41(59)48(63)54-39(33-16-18-34(19-17-33)46-32(4)52-29-66-46)25-44(62)51-20-12-8-6-5-7-9-13-21-58-27-35(26-53-58)38-24-40(55-56-47(38)50)37-14-10-11-15-42(37)61/h10-11,14-19,22,24,26-27,29-30,36,39,41,45,60-61H,5-9,12-13,20-21,23,25,28H2,1-4H3,(H2,50,56)(H,51,62)(H,54,63)/t36-,39+,41+,45+/m1/s1. The second-order valence-electron chi connectivity index (χ2n) is 17.5. The lowest BCUT2D eigenvalue weighted by atomic mass is 9.91. The maximum atomic E-state index is 14.1. The minimum atomic E-state index is -0.928. The Morgan fingerprint density at radius 1 is 0.939 bits per heavy atom. The van der Waals surface area contributed by atoms with Crippen LogP contribution < -0.4 is 16.4 Å². The number of unbranched alkanes of at least 4 members (excludes halogenated alkanes) is 6. The summed E-state index contributed by atoms with van der Waals surface area (Å²) in [5.41, 5.74) is 14.0. The second kappa shape index (κ2) is 22.2. The van der Waals surface area contributed by atoms with E-state index in [9.17, 15) is 24.6 Å². The maximum Gasteiger partial charge on any atom is 0.243 e. The first-order valence-corrected chi connectivity index (χ1v) is 23.7. The predicted molar refractivity (Wildman–Crippen MR) is 253 cm³/mol. The predicted octanol–water partition coefficient (Wildman–Crippen LogP) is 7.52. The number of para-hydroxylation sites is 1. The maximum absolute atomic E-state index is 14.1. The molecule has 66 heavy (non-hydrogen) atoms. The molecule has 0 aliphatic carbocycles. The minimum absolute atomic E-state index is 0.00368. The van der Waals surface area contributed by atoms with Crippen LogP contribution in [-0.4, -0.2) is 88.2 Å². The number of nitrogens with zero attached hydrogens (tertiary/aromatic N) is 7. The number of aliphatic hydroxyl groups excluding tert-OH is 1. The number of benzene rings is 2. The number of amides is 3. The number of nitrogen functional groups attached to an aromatic ring is 1. The number of carbonyl (C=O) groups excluding carboxylic acids is 3.